The maximum Gasteiger partial charge on any atom is 0.215 e. The summed E-state index contributed by atoms with van der Waals surface area (Å²) >= 11 is 0. The summed E-state index contributed by atoms with van der Waals surface area (Å²) in [4.78, 5) is 11.9. The summed E-state index contributed by atoms with van der Waals surface area (Å²) in [6.07, 6.45) is 0. The molecule has 6 rings (SSSR count). The molecule has 0 radical (unpaired) electrons. The summed E-state index contributed by atoms with van der Waals surface area (Å²) in [7, 11) is 0. The molecule has 35 heavy (non-hydrogen) atoms. The second-order valence-electron chi connectivity index (χ2n) is 8.97. The molecule has 176 valence electrons. The minimum Gasteiger partial charge on any atom is -0.478 e. The number of anilines is 3. The average Bonchev–Trinajstić information content (AvgIpc) is 2.88. The molecule has 8 heteroatoms. The number of aromatic nitrogens is 2. The van der Waals surface area contributed by atoms with Crippen molar-refractivity contribution in [2.75, 3.05) is 48.4 Å². The number of nitrogens with zero attached hydrogens (tertiary/aromatic N) is 4. The van der Waals surface area contributed by atoms with Crippen molar-refractivity contribution in [3.63, 3.8) is 0 Å². The molecule has 0 spiro atoms. The van der Waals surface area contributed by atoms with Crippen molar-refractivity contribution in [1.29, 1.82) is 5.26 Å². The van der Waals surface area contributed by atoms with E-state index in [0.717, 1.165) is 21.7 Å². The van der Waals surface area contributed by atoms with Gasteiger partial charge in [0.15, 0.2) is 0 Å². The summed E-state index contributed by atoms with van der Waals surface area (Å²) < 4.78 is 11.3. The normalized spacial score (nSPS) is 19.2. The number of hydrogen-bond donors (Lipinski definition) is 2. The lowest BCUT2D eigenvalue weighted by Gasteiger charge is -2.39. The number of ether oxygens (including phenoxy) is 2. The Labute approximate surface area is 203 Å². The number of hydrogen-bond acceptors (Lipinski definition) is 8. The molecule has 1 fully saturated rings. The van der Waals surface area contributed by atoms with E-state index >= 15 is 0 Å². The van der Waals surface area contributed by atoms with Gasteiger partial charge in [-0.3, -0.25) is 0 Å². The molecule has 0 bridgehead atoms. The SMILES string of the molecule is CCOc1cc2c(C#N)c(N3CCOCC3)nc3c2c(n1)N[C@@](C)(c1ccc2ccccc2c1)N3. The quantitative estimate of drug-likeness (QED) is 0.451. The van der Waals surface area contributed by atoms with E-state index in [1.165, 1.54) is 5.39 Å². The van der Waals surface area contributed by atoms with Crippen LogP contribution in [-0.2, 0) is 10.4 Å². The molecule has 0 amide bonds. The molecule has 0 unspecified atom stereocenters. The van der Waals surface area contributed by atoms with Crippen LogP contribution >= 0.6 is 0 Å². The largest absolute Gasteiger partial charge is 0.478 e. The first-order valence-electron chi connectivity index (χ1n) is 11.9. The molecular formula is C27H26N6O2. The van der Waals surface area contributed by atoms with Crippen molar-refractivity contribution in [1.82, 2.24) is 9.97 Å². The average molecular weight is 467 g/mol. The monoisotopic (exact) mass is 466 g/mol. The van der Waals surface area contributed by atoms with Gasteiger partial charge in [0.2, 0.25) is 5.88 Å². The fourth-order valence-corrected chi connectivity index (χ4v) is 4.96. The lowest BCUT2D eigenvalue weighted by Crippen LogP contribution is -2.43. The van der Waals surface area contributed by atoms with E-state index in [1.54, 1.807) is 0 Å². The van der Waals surface area contributed by atoms with Crippen molar-refractivity contribution in [3.8, 4) is 11.9 Å². The van der Waals surface area contributed by atoms with E-state index in [-0.39, 0.29) is 0 Å². The van der Waals surface area contributed by atoms with Gasteiger partial charge in [0.25, 0.3) is 0 Å². The number of fused-ring (bicyclic) bond motifs is 1. The zero-order valence-corrected chi connectivity index (χ0v) is 19.8. The van der Waals surface area contributed by atoms with Gasteiger partial charge in [-0.15, -0.1) is 0 Å². The Morgan fingerprint density at radius 3 is 2.54 bits per heavy atom. The molecular weight excluding hydrogens is 440 g/mol. The molecule has 2 N–H and O–H groups in total. The lowest BCUT2D eigenvalue weighted by molar-refractivity contribution is 0.122. The molecule has 4 aromatic rings. The zero-order valence-electron chi connectivity index (χ0n) is 19.8. The minimum absolute atomic E-state index is 0.479. The Morgan fingerprint density at radius 1 is 1.06 bits per heavy atom. The van der Waals surface area contributed by atoms with Crippen molar-refractivity contribution < 1.29 is 9.47 Å². The number of pyridine rings is 2. The number of rotatable bonds is 4. The standard InChI is InChI=1S/C27H26N6O2/c1-3-35-22-15-20-21(16-28)26(33-10-12-34-13-11-33)30-25-23(20)24(29-22)31-27(2,32-25)19-9-8-17-6-4-5-7-18(17)14-19/h4-9,14-15H,3,10-13H2,1-2H3,(H,29,31)(H,30,32)/t27-/m1/s1. The van der Waals surface area contributed by atoms with E-state index in [1.807, 2.05) is 25.1 Å². The summed E-state index contributed by atoms with van der Waals surface area (Å²) in [6, 6.07) is 19.0. The van der Waals surface area contributed by atoms with Gasteiger partial charge in [-0.25, -0.2) is 4.98 Å². The van der Waals surface area contributed by atoms with Crippen LogP contribution in [0.3, 0.4) is 0 Å². The van der Waals surface area contributed by atoms with Crippen molar-refractivity contribution >= 4 is 39.0 Å². The topological polar surface area (TPSA) is 95.3 Å². The smallest absolute Gasteiger partial charge is 0.215 e. The summed E-state index contributed by atoms with van der Waals surface area (Å²) in [5.74, 6) is 2.48. The van der Waals surface area contributed by atoms with Crippen LogP contribution in [-0.4, -0.2) is 42.9 Å². The van der Waals surface area contributed by atoms with Crippen molar-refractivity contribution in [2.45, 2.75) is 19.5 Å². The number of benzene rings is 2. The summed E-state index contributed by atoms with van der Waals surface area (Å²) in [6.45, 7) is 7.06. The fourth-order valence-electron chi connectivity index (χ4n) is 4.96. The molecule has 8 nitrogen and oxygen atoms in total. The Hall–Kier alpha value is -4.09. The van der Waals surface area contributed by atoms with Gasteiger partial charge in [-0.1, -0.05) is 36.4 Å². The van der Waals surface area contributed by atoms with E-state index in [0.29, 0.717) is 61.8 Å². The maximum atomic E-state index is 10.2. The second-order valence-corrected chi connectivity index (χ2v) is 8.97. The summed E-state index contributed by atoms with van der Waals surface area (Å²) in [5.41, 5.74) is 0.900. The van der Waals surface area contributed by atoms with E-state index < -0.39 is 5.66 Å². The molecule has 2 aromatic heterocycles. The molecule has 0 aliphatic carbocycles. The lowest BCUT2D eigenvalue weighted by atomic mass is 9.95. The Bertz CT molecular complexity index is 1490. The highest BCUT2D eigenvalue weighted by atomic mass is 16.5. The van der Waals surface area contributed by atoms with E-state index in [2.05, 4.69) is 58.9 Å². The van der Waals surface area contributed by atoms with Crippen LogP contribution in [0, 0.1) is 11.3 Å². The van der Waals surface area contributed by atoms with Gasteiger partial charge < -0.3 is 25.0 Å². The van der Waals surface area contributed by atoms with E-state index in [4.69, 9.17) is 19.4 Å². The minimum atomic E-state index is -0.675. The number of morpholine rings is 1. The first-order valence-corrected chi connectivity index (χ1v) is 11.9. The molecule has 1 saturated heterocycles. The van der Waals surface area contributed by atoms with Gasteiger partial charge in [0.05, 0.1) is 25.2 Å². The predicted molar refractivity (Wildman–Crippen MR) is 137 cm³/mol. The predicted octanol–water partition coefficient (Wildman–Crippen LogP) is 4.60. The van der Waals surface area contributed by atoms with Crippen LogP contribution in [0.4, 0.5) is 17.5 Å². The molecule has 2 aromatic carbocycles. The van der Waals surface area contributed by atoms with Gasteiger partial charge >= 0.3 is 0 Å². The van der Waals surface area contributed by atoms with Crippen LogP contribution in [0.5, 0.6) is 5.88 Å². The number of nitriles is 1. The highest BCUT2D eigenvalue weighted by Crippen LogP contribution is 2.44. The van der Waals surface area contributed by atoms with Gasteiger partial charge in [-0.05, 0) is 36.2 Å². The Kier molecular flexibility index (Phi) is 5.08. The molecule has 4 heterocycles. The first-order chi connectivity index (χ1) is 17.1. The fraction of sp³-hybridized carbons (Fsp3) is 0.296. The molecule has 0 saturated carbocycles. The van der Waals surface area contributed by atoms with Crippen LogP contribution in [0.2, 0.25) is 0 Å². The van der Waals surface area contributed by atoms with Crippen LogP contribution in [0.1, 0.15) is 25.0 Å². The van der Waals surface area contributed by atoms with Crippen LogP contribution in [0.25, 0.3) is 21.5 Å². The van der Waals surface area contributed by atoms with Gasteiger partial charge in [0, 0.05) is 24.5 Å². The zero-order chi connectivity index (χ0) is 24.0. The van der Waals surface area contributed by atoms with E-state index in [9.17, 15) is 5.26 Å². The highest BCUT2D eigenvalue weighted by Gasteiger charge is 2.36. The summed E-state index contributed by atoms with van der Waals surface area (Å²) in [5, 5.41) is 21.3. The Balaban J connectivity index is 1.55. The van der Waals surface area contributed by atoms with Gasteiger partial charge in [-0.2, -0.15) is 10.2 Å². The van der Waals surface area contributed by atoms with Crippen molar-refractivity contribution in [2.24, 2.45) is 0 Å². The van der Waals surface area contributed by atoms with Crippen LogP contribution < -0.4 is 20.3 Å². The third-order valence-electron chi connectivity index (χ3n) is 6.72. The second kappa shape index (κ2) is 8.29. The first kappa shape index (κ1) is 21.4. The third-order valence-corrected chi connectivity index (χ3v) is 6.72. The highest BCUT2D eigenvalue weighted by molar-refractivity contribution is 6.07. The molecule has 2 aliphatic rings. The molecule has 2 aliphatic heterocycles. The Morgan fingerprint density at radius 2 is 1.80 bits per heavy atom. The maximum absolute atomic E-state index is 10.2. The number of nitrogens with one attached hydrogen (secondary N) is 2. The van der Waals surface area contributed by atoms with Crippen LogP contribution in [0.15, 0.2) is 48.5 Å². The third kappa shape index (κ3) is 3.56. The van der Waals surface area contributed by atoms with Crippen molar-refractivity contribution in [3.05, 3.63) is 59.7 Å². The molecule has 1 atom stereocenters. The van der Waals surface area contributed by atoms with Gasteiger partial charge in [0.1, 0.15) is 34.7 Å².